The van der Waals surface area contributed by atoms with Crippen molar-refractivity contribution in [2.45, 2.75) is 12.7 Å². The van der Waals surface area contributed by atoms with Crippen LogP contribution in [0.15, 0.2) is 42.5 Å². The van der Waals surface area contributed by atoms with E-state index in [1.807, 2.05) is 4.90 Å². The fraction of sp³-hybridized carbons (Fsp3) is 0.316. The predicted molar refractivity (Wildman–Crippen MR) is 90.0 cm³/mol. The number of hydrogen-bond donors (Lipinski definition) is 0. The first kappa shape index (κ1) is 18.2. The Morgan fingerprint density at radius 2 is 1.62 bits per heavy atom. The molecule has 0 saturated carbocycles. The molecule has 3 nitrogen and oxygen atoms in total. The van der Waals surface area contributed by atoms with Gasteiger partial charge in [0.25, 0.3) is 0 Å². The van der Waals surface area contributed by atoms with Gasteiger partial charge in [0.2, 0.25) is 0 Å². The van der Waals surface area contributed by atoms with Gasteiger partial charge in [0.05, 0.1) is 17.2 Å². The van der Waals surface area contributed by atoms with Gasteiger partial charge in [-0.25, -0.2) is 4.39 Å². The molecule has 0 N–H and O–H groups in total. The second-order valence-electron chi connectivity index (χ2n) is 6.23. The van der Waals surface area contributed by atoms with Crippen molar-refractivity contribution in [3.63, 3.8) is 0 Å². The summed E-state index contributed by atoms with van der Waals surface area (Å²) in [6.45, 7) is 3.24. The van der Waals surface area contributed by atoms with Gasteiger partial charge in [0.1, 0.15) is 5.82 Å². The number of nitriles is 1. The fourth-order valence-corrected chi connectivity index (χ4v) is 3.07. The van der Waals surface area contributed by atoms with Gasteiger partial charge in [-0.3, -0.25) is 4.90 Å². The molecule has 1 aliphatic heterocycles. The number of anilines is 1. The smallest absolute Gasteiger partial charge is 0.369 e. The second kappa shape index (κ2) is 7.34. The number of rotatable bonds is 3. The summed E-state index contributed by atoms with van der Waals surface area (Å²) >= 11 is 0. The zero-order valence-electron chi connectivity index (χ0n) is 13.9. The van der Waals surface area contributed by atoms with Crippen molar-refractivity contribution < 1.29 is 17.6 Å². The van der Waals surface area contributed by atoms with Crippen LogP contribution in [0.5, 0.6) is 0 Å². The van der Waals surface area contributed by atoms with Gasteiger partial charge in [-0.2, -0.15) is 18.4 Å². The minimum Gasteiger partial charge on any atom is -0.369 e. The van der Waals surface area contributed by atoms with Gasteiger partial charge >= 0.3 is 6.18 Å². The molecule has 7 heteroatoms. The van der Waals surface area contributed by atoms with E-state index in [0.29, 0.717) is 38.4 Å². The summed E-state index contributed by atoms with van der Waals surface area (Å²) in [6.07, 6.45) is -4.55. The Hall–Kier alpha value is -2.59. The van der Waals surface area contributed by atoms with Crippen molar-refractivity contribution in [2.24, 2.45) is 0 Å². The SMILES string of the molecule is N#Cc1ccc(N2CCN(Cc3ccc(F)cc3)CC2)cc1C(F)(F)F. The molecule has 0 aromatic heterocycles. The van der Waals surface area contributed by atoms with Crippen molar-refractivity contribution in [2.75, 3.05) is 31.1 Å². The Labute approximate surface area is 149 Å². The highest BCUT2D eigenvalue weighted by molar-refractivity contribution is 5.55. The lowest BCUT2D eigenvalue weighted by molar-refractivity contribution is -0.137. The quantitative estimate of drug-likeness (QED) is 0.771. The van der Waals surface area contributed by atoms with Crippen molar-refractivity contribution in [1.29, 1.82) is 5.26 Å². The van der Waals surface area contributed by atoms with E-state index in [0.717, 1.165) is 11.6 Å². The van der Waals surface area contributed by atoms with Gasteiger partial charge in [-0.15, -0.1) is 0 Å². The molecule has 1 heterocycles. The van der Waals surface area contributed by atoms with Crippen LogP contribution in [0, 0.1) is 17.1 Å². The first-order chi connectivity index (χ1) is 12.4. The van der Waals surface area contributed by atoms with Gasteiger partial charge in [-0.1, -0.05) is 12.1 Å². The molecule has 0 aliphatic carbocycles. The van der Waals surface area contributed by atoms with E-state index in [4.69, 9.17) is 5.26 Å². The molecule has 2 aromatic rings. The van der Waals surface area contributed by atoms with E-state index in [-0.39, 0.29) is 11.4 Å². The maximum Gasteiger partial charge on any atom is 0.417 e. The van der Waals surface area contributed by atoms with Gasteiger partial charge in [-0.05, 0) is 35.9 Å². The van der Waals surface area contributed by atoms with Crippen molar-refractivity contribution >= 4 is 5.69 Å². The number of benzene rings is 2. The van der Waals surface area contributed by atoms with Crippen molar-refractivity contribution in [1.82, 2.24) is 4.90 Å². The topological polar surface area (TPSA) is 30.3 Å². The third-order valence-electron chi connectivity index (χ3n) is 4.49. The summed E-state index contributed by atoms with van der Waals surface area (Å²) in [4.78, 5) is 4.07. The number of alkyl halides is 3. The van der Waals surface area contributed by atoms with Crippen LogP contribution in [-0.4, -0.2) is 31.1 Å². The monoisotopic (exact) mass is 363 g/mol. The summed E-state index contributed by atoms with van der Waals surface area (Å²) in [6, 6.07) is 11.7. The molecule has 0 unspecified atom stereocenters. The summed E-state index contributed by atoms with van der Waals surface area (Å²) < 4.78 is 52.3. The molecule has 1 saturated heterocycles. The van der Waals surface area contributed by atoms with Crippen molar-refractivity contribution in [3.8, 4) is 6.07 Å². The molecule has 0 atom stereocenters. The first-order valence-electron chi connectivity index (χ1n) is 8.20. The Bertz CT molecular complexity index is 801. The van der Waals surface area contributed by atoms with Crippen LogP contribution >= 0.6 is 0 Å². The number of hydrogen-bond acceptors (Lipinski definition) is 3. The lowest BCUT2D eigenvalue weighted by Crippen LogP contribution is -2.46. The minimum absolute atomic E-state index is 0.278. The van der Waals surface area contributed by atoms with Crippen LogP contribution in [0.2, 0.25) is 0 Å². The van der Waals surface area contributed by atoms with E-state index in [2.05, 4.69) is 4.90 Å². The molecule has 26 heavy (non-hydrogen) atoms. The Kier molecular flexibility index (Phi) is 5.14. The summed E-state index contributed by atoms with van der Waals surface area (Å²) in [5.74, 6) is -0.278. The summed E-state index contributed by atoms with van der Waals surface area (Å²) in [7, 11) is 0. The van der Waals surface area contributed by atoms with Crippen molar-refractivity contribution in [3.05, 3.63) is 65.0 Å². The van der Waals surface area contributed by atoms with Crippen LogP contribution in [0.4, 0.5) is 23.2 Å². The number of nitrogens with zero attached hydrogens (tertiary/aromatic N) is 3. The molecular weight excluding hydrogens is 346 g/mol. The number of piperazine rings is 1. The van der Waals surface area contributed by atoms with E-state index in [1.54, 1.807) is 24.3 Å². The second-order valence-corrected chi connectivity index (χ2v) is 6.23. The largest absolute Gasteiger partial charge is 0.417 e. The van der Waals surface area contributed by atoms with E-state index in [1.165, 1.54) is 18.2 Å². The van der Waals surface area contributed by atoms with E-state index >= 15 is 0 Å². The minimum atomic E-state index is -4.55. The maximum absolute atomic E-state index is 13.1. The lowest BCUT2D eigenvalue weighted by atomic mass is 10.1. The standard InChI is InChI=1S/C19H17F4N3/c20-16-4-1-14(2-5-16)13-25-7-9-26(10-8-25)17-6-3-15(12-24)18(11-17)19(21,22)23/h1-6,11H,7-10,13H2. The first-order valence-corrected chi connectivity index (χ1v) is 8.20. The highest BCUT2D eigenvalue weighted by Crippen LogP contribution is 2.34. The molecule has 3 rings (SSSR count). The van der Waals surface area contributed by atoms with Crippen LogP contribution in [0.3, 0.4) is 0 Å². The van der Waals surface area contributed by atoms with Gasteiger partial charge in [0.15, 0.2) is 0 Å². The fourth-order valence-electron chi connectivity index (χ4n) is 3.07. The molecule has 2 aromatic carbocycles. The molecular formula is C19H17F4N3. The lowest BCUT2D eigenvalue weighted by Gasteiger charge is -2.36. The van der Waals surface area contributed by atoms with Crippen LogP contribution < -0.4 is 4.90 Å². The van der Waals surface area contributed by atoms with E-state index < -0.39 is 11.7 Å². The molecule has 1 fully saturated rings. The normalized spacial score (nSPS) is 15.7. The molecule has 136 valence electrons. The number of halogens is 4. The van der Waals surface area contributed by atoms with Crippen LogP contribution in [-0.2, 0) is 12.7 Å². The molecule has 1 aliphatic rings. The Morgan fingerprint density at radius 3 is 2.19 bits per heavy atom. The predicted octanol–water partition coefficient (Wildman–Crippen LogP) is 4.04. The highest BCUT2D eigenvalue weighted by Gasteiger charge is 2.34. The highest BCUT2D eigenvalue weighted by atomic mass is 19.4. The van der Waals surface area contributed by atoms with Gasteiger partial charge in [0, 0.05) is 38.4 Å². The zero-order chi connectivity index (χ0) is 18.7. The third kappa shape index (κ3) is 4.14. The van der Waals surface area contributed by atoms with Crippen LogP contribution in [0.25, 0.3) is 0 Å². The molecule has 0 bridgehead atoms. The Balaban J connectivity index is 1.66. The van der Waals surface area contributed by atoms with Crippen LogP contribution in [0.1, 0.15) is 16.7 Å². The maximum atomic E-state index is 13.1. The average molecular weight is 363 g/mol. The molecule has 0 radical (unpaired) electrons. The molecule has 0 amide bonds. The zero-order valence-corrected chi connectivity index (χ0v) is 13.9. The Morgan fingerprint density at radius 1 is 0.962 bits per heavy atom. The average Bonchev–Trinajstić information content (AvgIpc) is 2.63. The third-order valence-corrected chi connectivity index (χ3v) is 4.49. The van der Waals surface area contributed by atoms with Gasteiger partial charge < -0.3 is 4.90 Å². The summed E-state index contributed by atoms with van der Waals surface area (Å²) in [5, 5.41) is 8.88. The summed E-state index contributed by atoms with van der Waals surface area (Å²) in [5.41, 5.74) is 0.206. The van der Waals surface area contributed by atoms with E-state index in [9.17, 15) is 17.6 Å². The molecule has 0 spiro atoms.